The molecule has 0 aliphatic carbocycles. The van der Waals surface area contributed by atoms with Gasteiger partial charge in [0.05, 0.1) is 0 Å². The molecule has 0 radical (unpaired) electrons. The van der Waals surface area contributed by atoms with Crippen LogP contribution in [0.1, 0.15) is 31.7 Å². The standard InChI is InChI=1S/C17H22ClN3O4/c1-17(8-10-21(17)16(19)25)15(24)20(9-2-3-14(22)23)11-12-4-6-13(18)7-5-12/h4-7H,2-3,8-11H2,1H3,(H2,19,25)(H,22,23). The van der Waals surface area contributed by atoms with Crippen molar-refractivity contribution in [1.29, 1.82) is 0 Å². The summed E-state index contributed by atoms with van der Waals surface area (Å²) in [7, 11) is 0. The zero-order valence-electron chi connectivity index (χ0n) is 14.1. The Balaban J connectivity index is 2.15. The molecule has 1 fully saturated rings. The molecule has 1 aromatic rings. The summed E-state index contributed by atoms with van der Waals surface area (Å²) in [6.45, 7) is 2.74. The minimum Gasteiger partial charge on any atom is -0.481 e. The lowest BCUT2D eigenvalue weighted by molar-refractivity contribution is -0.149. The van der Waals surface area contributed by atoms with E-state index in [1.807, 2.05) is 12.1 Å². The number of carbonyl (C=O) groups excluding carboxylic acids is 2. The van der Waals surface area contributed by atoms with Crippen LogP contribution in [0.3, 0.4) is 0 Å². The number of hydrogen-bond acceptors (Lipinski definition) is 3. The van der Waals surface area contributed by atoms with Gasteiger partial charge in [-0.3, -0.25) is 9.59 Å². The van der Waals surface area contributed by atoms with Gasteiger partial charge in [0.15, 0.2) is 0 Å². The van der Waals surface area contributed by atoms with Crippen molar-refractivity contribution in [2.45, 2.75) is 38.3 Å². The number of carboxylic acids is 1. The second-order valence-corrected chi connectivity index (χ2v) is 6.80. The Morgan fingerprint density at radius 3 is 2.44 bits per heavy atom. The van der Waals surface area contributed by atoms with E-state index < -0.39 is 17.5 Å². The number of urea groups is 1. The molecule has 1 aliphatic rings. The van der Waals surface area contributed by atoms with Gasteiger partial charge in [-0.15, -0.1) is 0 Å². The molecule has 8 heteroatoms. The third-order valence-corrected chi connectivity index (χ3v) is 4.79. The molecule has 0 spiro atoms. The van der Waals surface area contributed by atoms with Crippen molar-refractivity contribution < 1.29 is 19.5 Å². The number of carboxylic acid groups (broad SMARTS) is 1. The zero-order valence-corrected chi connectivity index (χ0v) is 14.8. The summed E-state index contributed by atoms with van der Waals surface area (Å²) in [4.78, 5) is 38.2. The van der Waals surface area contributed by atoms with E-state index in [1.165, 1.54) is 4.90 Å². The van der Waals surface area contributed by atoms with Gasteiger partial charge in [-0.05, 0) is 37.5 Å². The van der Waals surface area contributed by atoms with Gasteiger partial charge in [-0.25, -0.2) is 4.79 Å². The van der Waals surface area contributed by atoms with Crippen LogP contribution in [0.15, 0.2) is 24.3 Å². The monoisotopic (exact) mass is 367 g/mol. The predicted molar refractivity (Wildman–Crippen MR) is 93.1 cm³/mol. The molecule has 7 nitrogen and oxygen atoms in total. The van der Waals surface area contributed by atoms with Crippen molar-refractivity contribution in [3.8, 4) is 0 Å². The Bertz CT molecular complexity index is 664. The molecule has 1 aromatic carbocycles. The number of nitrogens with zero attached hydrogens (tertiary/aromatic N) is 2. The normalized spacial score (nSPS) is 19.2. The number of rotatable bonds is 7. The molecule has 1 heterocycles. The fourth-order valence-corrected chi connectivity index (χ4v) is 3.09. The molecule has 1 atom stereocenters. The maximum absolute atomic E-state index is 13.0. The summed E-state index contributed by atoms with van der Waals surface area (Å²) in [6, 6.07) is 6.47. The third kappa shape index (κ3) is 4.42. The van der Waals surface area contributed by atoms with Crippen LogP contribution in [-0.4, -0.2) is 51.4 Å². The summed E-state index contributed by atoms with van der Waals surface area (Å²) in [6.07, 6.45) is 0.840. The molecule has 3 N–H and O–H groups in total. The van der Waals surface area contributed by atoms with E-state index in [0.29, 0.717) is 31.0 Å². The summed E-state index contributed by atoms with van der Waals surface area (Å²) in [5.74, 6) is -1.13. The number of primary amides is 1. The molecule has 2 rings (SSSR count). The number of carbonyl (C=O) groups is 3. The highest BCUT2D eigenvalue weighted by Gasteiger charge is 2.50. The van der Waals surface area contributed by atoms with Crippen LogP contribution in [0, 0.1) is 0 Å². The van der Waals surface area contributed by atoms with E-state index in [2.05, 4.69) is 0 Å². The van der Waals surface area contributed by atoms with Crippen molar-refractivity contribution >= 4 is 29.5 Å². The topological polar surface area (TPSA) is 104 Å². The van der Waals surface area contributed by atoms with Crippen LogP contribution in [-0.2, 0) is 16.1 Å². The van der Waals surface area contributed by atoms with Gasteiger partial charge in [-0.1, -0.05) is 23.7 Å². The van der Waals surface area contributed by atoms with E-state index in [4.69, 9.17) is 22.4 Å². The first-order chi connectivity index (χ1) is 11.7. The highest BCUT2D eigenvalue weighted by Crippen LogP contribution is 2.32. The average Bonchev–Trinajstić information content (AvgIpc) is 2.52. The van der Waals surface area contributed by atoms with Gasteiger partial charge in [0, 0.05) is 31.1 Å². The zero-order chi connectivity index (χ0) is 18.6. The predicted octanol–water partition coefficient (Wildman–Crippen LogP) is 2.08. The molecule has 1 saturated heterocycles. The minimum atomic E-state index is -0.971. The summed E-state index contributed by atoms with van der Waals surface area (Å²) in [5, 5.41) is 9.43. The van der Waals surface area contributed by atoms with Gasteiger partial charge in [0.1, 0.15) is 5.54 Å². The number of aliphatic carboxylic acids is 1. The molecule has 0 bridgehead atoms. The molecular formula is C17H22ClN3O4. The number of halogens is 1. The Hall–Kier alpha value is -2.28. The van der Waals surface area contributed by atoms with Crippen molar-refractivity contribution in [2.75, 3.05) is 13.1 Å². The Morgan fingerprint density at radius 1 is 1.32 bits per heavy atom. The SMILES string of the molecule is CC1(C(=O)N(CCCC(=O)O)Cc2ccc(Cl)cc2)CCN1C(N)=O. The van der Waals surface area contributed by atoms with Crippen molar-refractivity contribution in [2.24, 2.45) is 5.73 Å². The van der Waals surface area contributed by atoms with Crippen LogP contribution in [0.2, 0.25) is 5.02 Å². The highest BCUT2D eigenvalue weighted by atomic mass is 35.5. The van der Waals surface area contributed by atoms with E-state index >= 15 is 0 Å². The Labute approximate surface area is 151 Å². The molecule has 25 heavy (non-hydrogen) atoms. The summed E-state index contributed by atoms with van der Waals surface area (Å²) in [5.41, 5.74) is 5.25. The maximum atomic E-state index is 13.0. The van der Waals surface area contributed by atoms with Crippen LogP contribution < -0.4 is 5.73 Å². The first-order valence-corrected chi connectivity index (χ1v) is 8.44. The molecule has 3 amide bonds. The molecule has 136 valence electrons. The molecule has 1 unspecified atom stereocenters. The Morgan fingerprint density at radius 2 is 1.96 bits per heavy atom. The average molecular weight is 368 g/mol. The first kappa shape index (κ1) is 19.1. The van der Waals surface area contributed by atoms with Crippen LogP contribution in [0.25, 0.3) is 0 Å². The van der Waals surface area contributed by atoms with Crippen LogP contribution >= 0.6 is 11.6 Å². The number of benzene rings is 1. The molecular weight excluding hydrogens is 346 g/mol. The lowest BCUT2D eigenvalue weighted by Crippen LogP contribution is -2.68. The highest BCUT2D eigenvalue weighted by molar-refractivity contribution is 6.30. The van der Waals surface area contributed by atoms with Gasteiger partial charge >= 0.3 is 12.0 Å². The second-order valence-electron chi connectivity index (χ2n) is 6.36. The van der Waals surface area contributed by atoms with Crippen molar-refractivity contribution in [1.82, 2.24) is 9.80 Å². The fourth-order valence-electron chi connectivity index (χ4n) is 2.96. The molecule has 0 saturated carbocycles. The van der Waals surface area contributed by atoms with Crippen molar-refractivity contribution in [3.63, 3.8) is 0 Å². The summed E-state index contributed by atoms with van der Waals surface area (Å²) < 4.78 is 0. The lowest BCUT2D eigenvalue weighted by Gasteiger charge is -2.50. The van der Waals surface area contributed by atoms with E-state index in [9.17, 15) is 14.4 Å². The van der Waals surface area contributed by atoms with Gasteiger partial charge in [-0.2, -0.15) is 0 Å². The van der Waals surface area contributed by atoms with Gasteiger partial charge in [0.25, 0.3) is 0 Å². The molecule has 0 aromatic heterocycles. The fraction of sp³-hybridized carbons (Fsp3) is 0.471. The maximum Gasteiger partial charge on any atom is 0.315 e. The largest absolute Gasteiger partial charge is 0.481 e. The number of nitrogens with two attached hydrogens (primary N) is 1. The quantitative estimate of drug-likeness (QED) is 0.769. The Kier molecular flexibility index (Phi) is 5.89. The summed E-state index contributed by atoms with van der Waals surface area (Å²) >= 11 is 5.88. The van der Waals surface area contributed by atoms with E-state index in [0.717, 1.165) is 5.56 Å². The first-order valence-electron chi connectivity index (χ1n) is 8.07. The van der Waals surface area contributed by atoms with Crippen molar-refractivity contribution in [3.05, 3.63) is 34.9 Å². The smallest absolute Gasteiger partial charge is 0.315 e. The van der Waals surface area contributed by atoms with Crippen LogP contribution in [0.5, 0.6) is 0 Å². The molecule has 1 aliphatic heterocycles. The minimum absolute atomic E-state index is 0.0271. The van der Waals surface area contributed by atoms with E-state index in [1.54, 1.807) is 24.0 Å². The number of hydrogen-bond donors (Lipinski definition) is 2. The van der Waals surface area contributed by atoms with Gasteiger partial charge in [0.2, 0.25) is 5.91 Å². The van der Waals surface area contributed by atoms with Crippen LogP contribution in [0.4, 0.5) is 4.79 Å². The third-order valence-electron chi connectivity index (χ3n) is 4.54. The lowest BCUT2D eigenvalue weighted by atomic mass is 9.85. The number of likely N-dealkylation sites (tertiary alicyclic amines) is 1. The van der Waals surface area contributed by atoms with Gasteiger partial charge < -0.3 is 20.6 Å². The second kappa shape index (κ2) is 7.74. The van der Waals surface area contributed by atoms with E-state index in [-0.39, 0.29) is 18.9 Å². The number of amides is 3.